The minimum Gasteiger partial charge on any atom is -0.267 e. The molecule has 2 aromatic carbocycles. The molecule has 2 heterocycles. The molecule has 2 aromatic heterocycles. The van der Waals surface area contributed by atoms with Crippen LogP contribution < -0.4 is 5.56 Å². The third-order valence-corrected chi connectivity index (χ3v) is 3.84. The van der Waals surface area contributed by atoms with E-state index in [1.54, 1.807) is 18.2 Å². The van der Waals surface area contributed by atoms with Crippen LogP contribution in [0.2, 0.25) is 5.02 Å². The van der Waals surface area contributed by atoms with Crippen LogP contribution in [-0.2, 0) is 0 Å². The molecule has 0 aliphatic heterocycles. The van der Waals surface area contributed by atoms with E-state index in [1.807, 2.05) is 41.8 Å². The van der Waals surface area contributed by atoms with E-state index in [2.05, 4.69) is 10.1 Å². The van der Waals surface area contributed by atoms with Gasteiger partial charge in [-0.1, -0.05) is 23.7 Å². The van der Waals surface area contributed by atoms with Crippen molar-refractivity contribution >= 4 is 28.3 Å². The molecule has 0 aliphatic carbocycles. The molecule has 0 radical (unpaired) electrons. The zero-order valence-electron chi connectivity index (χ0n) is 11.7. The second kappa shape index (κ2) is 4.68. The van der Waals surface area contributed by atoms with Crippen molar-refractivity contribution in [2.45, 2.75) is 6.92 Å². The first kappa shape index (κ1) is 13.0. The van der Waals surface area contributed by atoms with Crippen molar-refractivity contribution in [1.29, 1.82) is 0 Å². The normalized spacial score (nSPS) is 11.4. The molecule has 5 nitrogen and oxygen atoms in total. The van der Waals surface area contributed by atoms with Crippen molar-refractivity contribution < 1.29 is 0 Å². The van der Waals surface area contributed by atoms with E-state index in [9.17, 15) is 4.79 Å². The molecule has 0 fully saturated rings. The average Bonchev–Trinajstić information content (AvgIpc) is 2.85. The van der Waals surface area contributed by atoms with Gasteiger partial charge in [0.05, 0.1) is 16.6 Å². The van der Waals surface area contributed by atoms with Gasteiger partial charge in [-0.25, -0.2) is 4.98 Å². The highest BCUT2D eigenvalue weighted by atomic mass is 35.5. The number of aryl methyl sites for hydroxylation is 1. The number of para-hydroxylation sites is 1. The molecule has 6 heteroatoms. The minimum absolute atomic E-state index is 0.170. The quantitative estimate of drug-likeness (QED) is 0.543. The van der Waals surface area contributed by atoms with Crippen LogP contribution in [0.25, 0.3) is 22.4 Å². The molecule has 0 saturated heterocycles. The van der Waals surface area contributed by atoms with E-state index in [0.717, 1.165) is 5.69 Å². The highest BCUT2D eigenvalue weighted by Gasteiger charge is 2.14. The van der Waals surface area contributed by atoms with E-state index in [0.29, 0.717) is 27.5 Å². The first-order chi connectivity index (χ1) is 10.6. The molecular formula is C16H11ClN4O. The summed E-state index contributed by atoms with van der Waals surface area (Å²) < 4.78 is 3.18. The van der Waals surface area contributed by atoms with Gasteiger partial charge in [0.1, 0.15) is 5.82 Å². The number of fused-ring (bicyclic) bond motifs is 2. The van der Waals surface area contributed by atoms with Gasteiger partial charge in [-0.05, 0) is 43.3 Å². The SMILES string of the molecule is Cc1nn2c(=O)c3ccccc3nc2n1-c1ccc(Cl)cc1. The van der Waals surface area contributed by atoms with E-state index in [-0.39, 0.29) is 5.56 Å². The lowest BCUT2D eigenvalue weighted by atomic mass is 10.2. The number of halogens is 1. The number of nitrogens with zero attached hydrogens (tertiary/aromatic N) is 4. The van der Waals surface area contributed by atoms with Crippen molar-refractivity contribution in [3.63, 3.8) is 0 Å². The number of hydrogen-bond acceptors (Lipinski definition) is 3. The molecule has 0 bridgehead atoms. The lowest BCUT2D eigenvalue weighted by Gasteiger charge is -2.05. The Bertz CT molecular complexity index is 1060. The molecule has 4 aromatic rings. The Kier molecular flexibility index (Phi) is 2.77. The summed E-state index contributed by atoms with van der Waals surface area (Å²) in [7, 11) is 0. The van der Waals surface area contributed by atoms with Gasteiger partial charge >= 0.3 is 0 Å². The number of benzene rings is 2. The van der Waals surface area contributed by atoms with Gasteiger partial charge in [0, 0.05) is 5.02 Å². The van der Waals surface area contributed by atoms with E-state index in [1.165, 1.54) is 4.52 Å². The first-order valence-corrected chi connectivity index (χ1v) is 7.16. The van der Waals surface area contributed by atoms with Gasteiger partial charge in [0.15, 0.2) is 0 Å². The van der Waals surface area contributed by atoms with Gasteiger partial charge in [0.25, 0.3) is 5.56 Å². The molecule has 0 atom stereocenters. The molecular weight excluding hydrogens is 300 g/mol. The van der Waals surface area contributed by atoms with Gasteiger partial charge in [-0.3, -0.25) is 9.36 Å². The Morgan fingerprint density at radius 2 is 1.77 bits per heavy atom. The van der Waals surface area contributed by atoms with Crippen molar-refractivity contribution in [3.8, 4) is 5.69 Å². The molecule has 0 spiro atoms. The topological polar surface area (TPSA) is 52.2 Å². The Morgan fingerprint density at radius 3 is 2.55 bits per heavy atom. The van der Waals surface area contributed by atoms with Crippen LogP contribution in [-0.4, -0.2) is 19.2 Å². The van der Waals surface area contributed by atoms with E-state index < -0.39 is 0 Å². The summed E-state index contributed by atoms with van der Waals surface area (Å²) in [6, 6.07) is 14.6. The van der Waals surface area contributed by atoms with Crippen LogP contribution in [0.5, 0.6) is 0 Å². The fourth-order valence-corrected chi connectivity index (χ4v) is 2.70. The zero-order valence-corrected chi connectivity index (χ0v) is 12.4. The highest BCUT2D eigenvalue weighted by Crippen LogP contribution is 2.18. The van der Waals surface area contributed by atoms with Crippen LogP contribution in [0.3, 0.4) is 0 Å². The molecule has 0 unspecified atom stereocenters. The standard InChI is InChI=1S/C16H11ClN4O/c1-10-19-21-15(22)13-4-2-3-5-14(13)18-16(21)20(10)12-8-6-11(17)7-9-12/h2-9H,1H3. The second-order valence-electron chi connectivity index (χ2n) is 5.00. The summed E-state index contributed by atoms with van der Waals surface area (Å²) in [5.74, 6) is 1.17. The van der Waals surface area contributed by atoms with Crippen molar-refractivity contribution in [2.75, 3.05) is 0 Å². The second-order valence-corrected chi connectivity index (χ2v) is 5.44. The molecule has 0 amide bonds. The minimum atomic E-state index is -0.170. The maximum atomic E-state index is 12.6. The van der Waals surface area contributed by atoms with Gasteiger partial charge < -0.3 is 0 Å². The van der Waals surface area contributed by atoms with Crippen molar-refractivity contribution in [2.24, 2.45) is 0 Å². The summed E-state index contributed by atoms with van der Waals surface area (Å²) in [4.78, 5) is 17.2. The predicted octanol–water partition coefficient (Wildman–Crippen LogP) is 3.00. The molecule has 0 aliphatic rings. The Morgan fingerprint density at radius 1 is 1.05 bits per heavy atom. The fraction of sp³-hybridized carbons (Fsp3) is 0.0625. The molecule has 4 rings (SSSR count). The van der Waals surface area contributed by atoms with E-state index >= 15 is 0 Å². The molecule has 22 heavy (non-hydrogen) atoms. The smallest absolute Gasteiger partial charge is 0.267 e. The molecule has 108 valence electrons. The number of hydrogen-bond donors (Lipinski definition) is 0. The van der Waals surface area contributed by atoms with Gasteiger partial charge in [0.2, 0.25) is 5.78 Å². The third kappa shape index (κ3) is 1.83. The van der Waals surface area contributed by atoms with Crippen molar-refractivity contribution in [1.82, 2.24) is 19.2 Å². The van der Waals surface area contributed by atoms with Crippen LogP contribution >= 0.6 is 11.6 Å². The Labute approximate surface area is 130 Å². The summed E-state index contributed by atoms with van der Waals surface area (Å²) >= 11 is 5.94. The fourth-order valence-electron chi connectivity index (χ4n) is 2.57. The predicted molar refractivity (Wildman–Crippen MR) is 85.8 cm³/mol. The monoisotopic (exact) mass is 310 g/mol. The van der Waals surface area contributed by atoms with Crippen molar-refractivity contribution in [3.05, 3.63) is 69.7 Å². The first-order valence-electron chi connectivity index (χ1n) is 6.78. The maximum Gasteiger partial charge on any atom is 0.283 e. The van der Waals surface area contributed by atoms with Gasteiger partial charge in [-0.15, -0.1) is 5.10 Å². The molecule has 0 N–H and O–H groups in total. The Hall–Kier alpha value is -2.66. The summed E-state index contributed by atoms with van der Waals surface area (Å²) in [6.07, 6.45) is 0. The number of rotatable bonds is 1. The number of aromatic nitrogens is 4. The average molecular weight is 311 g/mol. The van der Waals surface area contributed by atoms with Crippen LogP contribution in [0.15, 0.2) is 53.3 Å². The maximum absolute atomic E-state index is 12.6. The third-order valence-electron chi connectivity index (χ3n) is 3.59. The van der Waals surface area contributed by atoms with Crippen LogP contribution in [0.1, 0.15) is 5.82 Å². The zero-order chi connectivity index (χ0) is 15.3. The lowest BCUT2D eigenvalue weighted by molar-refractivity contribution is 0.892. The summed E-state index contributed by atoms with van der Waals surface area (Å²) in [5.41, 5.74) is 1.35. The summed E-state index contributed by atoms with van der Waals surface area (Å²) in [6.45, 7) is 1.84. The lowest BCUT2D eigenvalue weighted by Crippen LogP contribution is -2.16. The Balaban J connectivity index is 2.13. The summed E-state index contributed by atoms with van der Waals surface area (Å²) in [5, 5.41) is 5.54. The highest BCUT2D eigenvalue weighted by molar-refractivity contribution is 6.30. The largest absolute Gasteiger partial charge is 0.283 e. The van der Waals surface area contributed by atoms with E-state index in [4.69, 9.17) is 11.6 Å². The molecule has 0 saturated carbocycles. The van der Waals surface area contributed by atoms with Gasteiger partial charge in [-0.2, -0.15) is 4.52 Å². The van der Waals surface area contributed by atoms with Crippen LogP contribution in [0.4, 0.5) is 0 Å². The van der Waals surface area contributed by atoms with Crippen LogP contribution in [0, 0.1) is 6.92 Å².